The van der Waals surface area contributed by atoms with E-state index >= 15 is 0 Å². The van der Waals surface area contributed by atoms with Gasteiger partial charge in [0.1, 0.15) is 0 Å². The quantitative estimate of drug-likeness (QED) is 0.785. The number of benzene rings is 2. The Kier molecular flexibility index (Phi) is 3.17. The molecule has 1 aromatic heterocycles. The molecule has 0 unspecified atom stereocenters. The molecule has 3 rings (SSSR count). The zero-order valence-corrected chi connectivity index (χ0v) is 12.1. The molecule has 2 aromatic carbocycles. The third-order valence-corrected chi connectivity index (χ3v) is 3.63. The average Bonchev–Trinajstić information content (AvgIpc) is 2.74. The molecular weight excluding hydrogens is 316 g/mol. The molecule has 2 N–H and O–H groups in total. The molecule has 0 spiro atoms. The molecule has 0 saturated heterocycles. The van der Waals surface area contributed by atoms with E-state index in [-0.39, 0.29) is 0 Å². The Morgan fingerprint density at radius 1 is 1.25 bits per heavy atom. The molecule has 0 bridgehead atoms. The van der Waals surface area contributed by atoms with E-state index in [2.05, 4.69) is 27.0 Å². The molecule has 20 heavy (non-hydrogen) atoms. The predicted octanol–water partition coefficient (Wildman–Crippen LogP) is 3.30. The van der Waals surface area contributed by atoms with Gasteiger partial charge in [-0.1, -0.05) is 28.1 Å². The average molecular weight is 327 g/mol. The number of aromatic nitrogens is 2. The third kappa shape index (κ3) is 2.26. The van der Waals surface area contributed by atoms with Gasteiger partial charge in [0, 0.05) is 4.47 Å². The highest BCUT2D eigenvalue weighted by molar-refractivity contribution is 9.10. The van der Waals surface area contributed by atoms with E-state index in [0.29, 0.717) is 18.1 Å². The van der Waals surface area contributed by atoms with Crippen LogP contribution in [0.1, 0.15) is 11.1 Å². The van der Waals surface area contributed by atoms with E-state index in [1.54, 1.807) is 6.07 Å². The zero-order valence-electron chi connectivity index (χ0n) is 10.5. The Hall–Kier alpha value is -2.32. The summed E-state index contributed by atoms with van der Waals surface area (Å²) in [6, 6.07) is 15.5. The van der Waals surface area contributed by atoms with Crippen LogP contribution in [-0.4, -0.2) is 9.55 Å². The Morgan fingerprint density at radius 2 is 2.10 bits per heavy atom. The van der Waals surface area contributed by atoms with Crippen molar-refractivity contribution in [3.8, 4) is 6.07 Å². The van der Waals surface area contributed by atoms with Crippen LogP contribution in [-0.2, 0) is 6.54 Å². The van der Waals surface area contributed by atoms with E-state index in [1.807, 2.05) is 41.0 Å². The number of fused-ring (bicyclic) bond motifs is 1. The predicted molar refractivity (Wildman–Crippen MR) is 82.1 cm³/mol. The van der Waals surface area contributed by atoms with Crippen LogP contribution in [0.5, 0.6) is 0 Å². The van der Waals surface area contributed by atoms with E-state index in [1.165, 1.54) is 0 Å². The molecule has 5 heteroatoms. The molecular formula is C15H11BrN4. The highest BCUT2D eigenvalue weighted by atomic mass is 79.9. The Bertz CT molecular complexity index is 829. The van der Waals surface area contributed by atoms with Crippen LogP contribution in [0, 0.1) is 11.3 Å². The first-order valence-corrected chi connectivity index (χ1v) is 6.87. The van der Waals surface area contributed by atoms with Crippen molar-refractivity contribution < 1.29 is 0 Å². The first-order chi connectivity index (χ1) is 9.67. The van der Waals surface area contributed by atoms with Gasteiger partial charge in [0.15, 0.2) is 0 Å². The molecule has 0 amide bonds. The number of nitriles is 1. The number of nitrogen functional groups attached to an aromatic ring is 1. The highest BCUT2D eigenvalue weighted by Crippen LogP contribution is 2.23. The van der Waals surface area contributed by atoms with Crippen molar-refractivity contribution in [3.63, 3.8) is 0 Å². The molecule has 0 saturated carbocycles. The summed E-state index contributed by atoms with van der Waals surface area (Å²) in [6.45, 7) is 0.597. The fourth-order valence-electron chi connectivity index (χ4n) is 2.21. The maximum absolute atomic E-state index is 8.95. The first kappa shape index (κ1) is 12.7. The van der Waals surface area contributed by atoms with Crippen LogP contribution in [0.2, 0.25) is 0 Å². The van der Waals surface area contributed by atoms with Gasteiger partial charge in [0.25, 0.3) is 0 Å². The summed E-state index contributed by atoms with van der Waals surface area (Å²) in [6.07, 6.45) is 0. The lowest BCUT2D eigenvalue weighted by Crippen LogP contribution is -2.04. The molecule has 4 nitrogen and oxygen atoms in total. The number of imidazole rings is 1. The summed E-state index contributed by atoms with van der Waals surface area (Å²) in [5.74, 6) is 0.473. The lowest BCUT2D eigenvalue weighted by atomic mass is 10.1. The maximum Gasteiger partial charge on any atom is 0.201 e. The third-order valence-electron chi connectivity index (χ3n) is 3.14. The van der Waals surface area contributed by atoms with Crippen LogP contribution in [0.4, 0.5) is 5.95 Å². The van der Waals surface area contributed by atoms with Crippen molar-refractivity contribution in [3.05, 3.63) is 58.1 Å². The minimum atomic E-state index is 0.473. The minimum absolute atomic E-state index is 0.473. The normalized spacial score (nSPS) is 10.6. The number of hydrogen-bond acceptors (Lipinski definition) is 3. The summed E-state index contributed by atoms with van der Waals surface area (Å²) in [4.78, 5) is 4.36. The van der Waals surface area contributed by atoms with Crippen LogP contribution in [0.25, 0.3) is 11.0 Å². The highest BCUT2D eigenvalue weighted by Gasteiger charge is 2.09. The summed E-state index contributed by atoms with van der Waals surface area (Å²) in [5, 5.41) is 8.95. The topological polar surface area (TPSA) is 67.6 Å². The molecule has 1 heterocycles. The van der Waals surface area contributed by atoms with Crippen LogP contribution in [0.15, 0.2) is 46.9 Å². The summed E-state index contributed by atoms with van der Waals surface area (Å²) < 4.78 is 2.92. The Balaban J connectivity index is 2.06. The van der Waals surface area contributed by atoms with E-state index in [9.17, 15) is 0 Å². The number of nitrogens with zero attached hydrogens (tertiary/aromatic N) is 3. The Morgan fingerprint density at radius 3 is 2.90 bits per heavy atom. The standard InChI is InChI=1S/C15H11BrN4/c16-12-4-5-14-13(7-12)19-15(18)20(14)9-11-3-1-2-10(6-11)8-17/h1-7H,9H2,(H2,18,19). The first-order valence-electron chi connectivity index (χ1n) is 6.07. The van der Waals surface area contributed by atoms with Gasteiger partial charge < -0.3 is 10.3 Å². The second-order valence-electron chi connectivity index (χ2n) is 4.50. The van der Waals surface area contributed by atoms with Crippen LogP contribution >= 0.6 is 15.9 Å². The van der Waals surface area contributed by atoms with Crippen LogP contribution < -0.4 is 5.73 Å². The van der Waals surface area contributed by atoms with E-state index < -0.39 is 0 Å². The maximum atomic E-state index is 8.95. The summed E-state index contributed by atoms with van der Waals surface area (Å²) in [5.41, 5.74) is 9.50. The largest absolute Gasteiger partial charge is 0.369 e. The number of hydrogen-bond donors (Lipinski definition) is 1. The van der Waals surface area contributed by atoms with Crippen molar-refractivity contribution in [1.82, 2.24) is 9.55 Å². The van der Waals surface area contributed by atoms with Crippen molar-refractivity contribution in [2.24, 2.45) is 0 Å². The van der Waals surface area contributed by atoms with E-state index in [4.69, 9.17) is 11.0 Å². The number of nitrogens with two attached hydrogens (primary N) is 1. The van der Waals surface area contributed by atoms with Gasteiger partial charge in [-0.05, 0) is 35.9 Å². The van der Waals surface area contributed by atoms with Gasteiger partial charge in [-0.25, -0.2) is 4.98 Å². The van der Waals surface area contributed by atoms with Gasteiger partial charge in [-0.15, -0.1) is 0 Å². The van der Waals surface area contributed by atoms with Gasteiger partial charge in [0.2, 0.25) is 5.95 Å². The van der Waals surface area contributed by atoms with Gasteiger partial charge in [0.05, 0.1) is 29.2 Å². The van der Waals surface area contributed by atoms with E-state index in [0.717, 1.165) is 21.1 Å². The van der Waals surface area contributed by atoms with Gasteiger partial charge >= 0.3 is 0 Å². The number of rotatable bonds is 2. The molecule has 0 aliphatic heterocycles. The van der Waals surface area contributed by atoms with Gasteiger partial charge in [-0.3, -0.25) is 0 Å². The fraction of sp³-hybridized carbons (Fsp3) is 0.0667. The Labute approximate surface area is 124 Å². The van der Waals surface area contributed by atoms with Gasteiger partial charge in [-0.2, -0.15) is 5.26 Å². The summed E-state index contributed by atoms with van der Waals surface area (Å²) >= 11 is 3.43. The number of halogens is 1. The molecule has 0 radical (unpaired) electrons. The lowest BCUT2D eigenvalue weighted by molar-refractivity contribution is 0.838. The second-order valence-corrected chi connectivity index (χ2v) is 5.42. The monoisotopic (exact) mass is 326 g/mol. The molecule has 0 aliphatic rings. The van der Waals surface area contributed by atoms with Crippen molar-refractivity contribution >= 4 is 32.9 Å². The van der Waals surface area contributed by atoms with Crippen molar-refractivity contribution in [2.75, 3.05) is 5.73 Å². The molecule has 0 aliphatic carbocycles. The molecule has 0 fully saturated rings. The fourth-order valence-corrected chi connectivity index (χ4v) is 2.56. The summed E-state index contributed by atoms with van der Waals surface area (Å²) in [7, 11) is 0. The molecule has 3 aromatic rings. The second kappa shape index (κ2) is 4.99. The van der Waals surface area contributed by atoms with Crippen molar-refractivity contribution in [1.29, 1.82) is 5.26 Å². The molecule has 0 atom stereocenters. The van der Waals surface area contributed by atoms with Crippen molar-refractivity contribution in [2.45, 2.75) is 6.54 Å². The SMILES string of the molecule is N#Cc1cccc(Cn2c(N)nc3cc(Br)ccc32)c1. The lowest BCUT2D eigenvalue weighted by Gasteiger charge is -2.07. The van der Waals surface area contributed by atoms with Crippen LogP contribution in [0.3, 0.4) is 0 Å². The molecule has 98 valence electrons. The zero-order chi connectivity index (χ0) is 14.1. The minimum Gasteiger partial charge on any atom is -0.369 e. The smallest absolute Gasteiger partial charge is 0.201 e. The number of anilines is 1.